The van der Waals surface area contributed by atoms with Gasteiger partial charge in [0.2, 0.25) is 0 Å². The smallest absolute Gasteiger partial charge is 0.252 e. The number of nitrogens with zero attached hydrogens (tertiary/aromatic N) is 1. The summed E-state index contributed by atoms with van der Waals surface area (Å²) >= 11 is 1.88. The van der Waals surface area contributed by atoms with Gasteiger partial charge in [0.25, 0.3) is 5.56 Å². The van der Waals surface area contributed by atoms with Crippen LogP contribution in [0.15, 0.2) is 16.9 Å². The molecule has 2 aromatic heterocycles. The maximum atomic E-state index is 11.6. The van der Waals surface area contributed by atoms with Gasteiger partial charge in [-0.05, 0) is 30.9 Å². The summed E-state index contributed by atoms with van der Waals surface area (Å²) in [5.74, 6) is 1.61. The fourth-order valence-corrected chi connectivity index (χ4v) is 3.70. The van der Waals surface area contributed by atoms with Gasteiger partial charge in [-0.25, -0.2) is 4.98 Å². The third-order valence-corrected chi connectivity index (χ3v) is 4.79. The first kappa shape index (κ1) is 13.4. The molecule has 0 unspecified atom stereocenters. The molecule has 0 fully saturated rings. The summed E-state index contributed by atoms with van der Waals surface area (Å²) in [6.07, 6.45) is 3.73. The molecule has 3 rings (SSSR count). The topological polar surface area (TPSA) is 57.8 Å². The van der Waals surface area contributed by atoms with Gasteiger partial charge in [0.1, 0.15) is 11.6 Å². The number of hydrogen-bond donors (Lipinski definition) is 2. The number of thiophene rings is 1. The van der Waals surface area contributed by atoms with Crippen LogP contribution in [0.1, 0.15) is 47.3 Å². The van der Waals surface area contributed by atoms with Crippen molar-refractivity contribution >= 4 is 17.2 Å². The molecule has 0 aliphatic heterocycles. The molecule has 0 saturated carbocycles. The van der Waals surface area contributed by atoms with Gasteiger partial charge in [0.15, 0.2) is 0 Å². The molecule has 0 aromatic carbocycles. The third kappa shape index (κ3) is 2.77. The quantitative estimate of drug-likeness (QED) is 0.909. The molecule has 0 spiro atoms. The van der Waals surface area contributed by atoms with E-state index in [1.54, 1.807) is 0 Å². The van der Waals surface area contributed by atoms with E-state index in [2.05, 4.69) is 21.4 Å². The summed E-state index contributed by atoms with van der Waals surface area (Å²) < 4.78 is 0. The van der Waals surface area contributed by atoms with E-state index in [1.807, 2.05) is 25.2 Å². The number of hydrogen-bond acceptors (Lipinski definition) is 4. The minimum absolute atomic E-state index is 0.0973. The summed E-state index contributed by atoms with van der Waals surface area (Å²) in [5.41, 5.74) is 1.41. The molecule has 20 heavy (non-hydrogen) atoms. The number of fused-ring (bicyclic) bond motifs is 1. The number of rotatable bonds is 4. The van der Waals surface area contributed by atoms with E-state index in [-0.39, 0.29) is 11.5 Å². The molecule has 106 valence electrons. The first-order valence-electron chi connectivity index (χ1n) is 7.07. The van der Waals surface area contributed by atoms with Crippen LogP contribution in [-0.4, -0.2) is 9.97 Å². The summed E-state index contributed by atoms with van der Waals surface area (Å²) in [6, 6.07) is 3.81. The normalized spacial score (nSPS) is 13.8. The van der Waals surface area contributed by atoms with Crippen LogP contribution in [0.2, 0.25) is 0 Å². The van der Waals surface area contributed by atoms with Gasteiger partial charge in [0, 0.05) is 21.7 Å². The van der Waals surface area contributed by atoms with E-state index in [0.29, 0.717) is 5.82 Å². The molecule has 1 aliphatic rings. The van der Waals surface area contributed by atoms with Gasteiger partial charge >= 0.3 is 0 Å². The molecule has 0 bridgehead atoms. The van der Waals surface area contributed by atoms with E-state index in [0.717, 1.165) is 12.4 Å². The Hall–Kier alpha value is -1.62. The van der Waals surface area contributed by atoms with Crippen molar-refractivity contribution in [1.82, 2.24) is 9.97 Å². The molecule has 1 aliphatic carbocycles. The van der Waals surface area contributed by atoms with Crippen LogP contribution in [-0.2, 0) is 19.4 Å². The van der Waals surface area contributed by atoms with Crippen LogP contribution >= 0.6 is 11.3 Å². The van der Waals surface area contributed by atoms with E-state index < -0.39 is 0 Å². The summed E-state index contributed by atoms with van der Waals surface area (Å²) in [7, 11) is 0. The monoisotopic (exact) mass is 289 g/mol. The predicted molar refractivity (Wildman–Crippen MR) is 82.6 cm³/mol. The lowest BCUT2D eigenvalue weighted by atomic mass is 10.2. The fourth-order valence-electron chi connectivity index (χ4n) is 2.50. The lowest BCUT2D eigenvalue weighted by molar-refractivity contribution is 0.767. The highest BCUT2D eigenvalue weighted by Crippen LogP contribution is 2.30. The van der Waals surface area contributed by atoms with Crippen LogP contribution in [0.25, 0.3) is 0 Å². The largest absolute Gasteiger partial charge is 0.365 e. The van der Waals surface area contributed by atoms with Gasteiger partial charge in [-0.3, -0.25) is 4.79 Å². The van der Waals surface area contributed by atoms with Gasteiger partial charge in [-0.15, -0.1) is 11.3 Å². The summed E-state index contributed by atoms with van der Waals surface area (Å²) in [6.45, 7) is 4.78. The number of aryl methyl sites for hydroxylation is 2. The molecule has 2 N–H and O–H groups in total. The standard InChI is InChI=1S/C15H19N3OS/c1-9(2)15-17-13(7-14(19)18-15)16-8-11-6-10-4-3-5-12(10)20-11/h6-7,9H,3-5,8H2,1-2H3,(H2,16,17,18,19). The second kappa shape index (κ2) is 5.40. The number of H-pyrrole nitrogens is 1. The number of nitrogens with one attached hydrogen (secondary N) is 2. The molecule has 0 atom stereocenters. The van der Waals surface area contributed by atoms with E-state index in [4.69, 9.17) is 0 Å². The minimum atomic E-state index is -0.0973. The molecule has 2 heterocycles. The molecule has 0 radical (unpaired) electrons. The Kier molecular flexibility index (Phi) is 3.61. The second-order valence-corrected chi connectivity index (χ2v) is 6.76. The first-order valence-corrected chi connectivity index (χ1v) is 7.89. The maximum absolute atomic E-state index is 11.6. The Morgan fingerprint density at radius 3 is 3.00 bits per heavy atom. The molecule has 0 saturated heterocycles. The Morgan fingerprint density at radius 1 is 1.40 bits per heavy atom. The zero-order valence-electron chi connectivity index (χ0n) is 11.8. The number of aromatic amines is 1. The third-order valence-electron chi connectivity index (χ3n) is 3.55. The van der Waals surface area contributed by atoms with E-state index in [9.17, 15) is 4.79 Å². The van der Waals surface area contributed by atoms with Crippen molar-refractivity contribution in [3.8, 4) is 0 Å². The Labute approximate surface area is 122 Å². The van der Waals surface area contributed by atoms with Crippen molar-refractivity contribution < 1.29 is 0 Å². The van der Waals surface area contributed by atoms with Crippen molar-refractivity contribution in [1.29, 1.82) is 0 Å². The first-order chi connectivity index (χ1) is 9.61. The highest BCUT2D eigenvalue weighted by atomic mass is 32.1. The van der Waals surface area contributed by atoms with Gasteiger partial charge < -0.3 is 10.3 Å². The zero-order chi connectivity index (χ0) is 14.1. The van der Waals surface area contributed by atoms with Crippen LogP contribution in [0, 0.1) is 0 Å². The second-order valence-electron chi connectivity index (χ2n) is 5.54. The Morgan fingerprint density at radius 2 is 2.25 bits per heavy atom. The Balaban J connectivity index is 1.72. The lowest BCUT2D eigenvalue weighted by Crippen LogP contribution is -2.14. The number of aromatic nitrogens is 2. The lowest BCUT2D eigenvalue weighted by Gasteiger charge is -2.08. The van der Waals surface area contributed by atoms with Gasteiger partial charge in [-0.2, -0.15) is 0 Å². The van der Waals surface area contributed by atoms with Crippen molar-refractivity contribution in [2.75, 3.05) is 5.32 Å². The fraction of sp³-hybridized carbons (Fsp3) is 0.467. The molecule has 4 nitrogen and oxygen atoms in total. The summed E-state index contributed by atoms with van der Waals surface area (Å²) in [5, 5.41) is 3.27. The molecule has 0 amide bonds. The molecular weight excluding hydrogens is 270 g/mol. The highest BCUT2D eigenvalue weighted by molar-refractivity contribution is 7.12. The van der Waals surface area contributed by atoms with E-state index in [1.165, 1.54) is 40.6 Å². The predicted octanol–water partition coefficient (Wildman–Crippen LogP) is 3.06. The van der Waals surface area contributed by atoms with Crippen molar-refractivity contribution in [2.24, 2.45) is 0 Å². The molecule has 2 aromatic rings. The van der Waals surface area contributed by atoms with Crippen LogP contribution in [0.4, 0.5) is 5.82 Å². The minimum Gasteiger partial charge on any atom is -0.365 e. The zero-order valence-corrected chi connectivity index (χ0v) is 12.6. The van der Waals surface area contributed by atoms with Crippen molar-refractivity contribution in [3.05, 3.63) is 43.6 Å². The van der Waals surface area contributed by atoms with Crippen LogP contribution in [0.3, 0.4) is 0 Å². The highest BCUT2D eigenvalue weighted by Gasteiger charge is 2.14. The van der Waals surface area contributed by atoms with Crippen LogP contribution < -0.4 is 10.9 Å². The van der Waals surface area contributed by atoms with Crippen molar-refractivity contribution in [2.45, 2.75) is 45.6 Å². The Bertz CT molecular complexity index is 650. The van der Waals surface area contributed by atoms with Gasteiger partial charge in [-0.1, -0.05) is 13.8 Å². The van der Waals surface area contributed by atoms with Crippen LogP contribution in [0.5, 0.6) is 0 Å². The number of anilines is 1. The SMILES string of the molecule is CC(C)c1nc(NCc2cc3c(s2)CCC3)cc(=O)[nH]1. The van der Waals surface area contributed by atoms with Crippen molar-refractivity contribution in [3.63, 3.8) is 0 Å². The molecule has 5 heteroatoms. The maximum Gasteiger partial charge on any atom is 0.252 e. The van der Waals surface area contributed by atoms with Gasteiger partial charge in [0.05, 0.1) is 6.54 Å². The average Bonchev–Trinajstić information content (AvgIpc) is 2.96. The average molecular weight is 289 g/mol. The van der Waals surface area contributed by atoms with E-state index >= 15 is 0 Å². The summed E-state index contributed by atoms with van der Waals surface area (Å²) in [4.78, 5) is 21.7. The molecular formula is C15H19N3OS.